The molecule has 76 valence electrons. The van der Waals surface area contributed by atoms with Crippen molar-refractivity contribution in [3.63, 3.8) is 0 Å². The van der Waals surface area contributed by atoms with E-state index >= 15 is 0 Å². The highest BCUT2D eigenvalue weighted by Gasteiger charge is 2.05. The van der Waals surface area contributed by atoms with Crippen molar-refractivity contribution in [2.75, 3.05) is 0 Å². The molecular weight excluding hydrogens is 164 g/mol. The van der Waals surface area contributed by atoms with Crippen molar-refractivity contribution in [1.82, 2.24) is 0 Å². The molecule has 0 aromatic heterocycles. The Hall–Kier alpha value is -0.790. The second kappa shape index (κ2) is 6.70. The van der Waals surface area contributed by atoms with Crippen molar-refractivity contribution in [2.24, 2.45) is 5.92 Å². The lowest BCUT2D eigenvalue weighted by Gasteiger charge is -2.14. The zero-order chi connectivity index (χ0) is 10.3. The molecular formula is C11H19O2-. The van der Waals surface area contributed by atoms with E-state index in [0.29, 0.717) is 12.3 Å². The first-order chi connectivity index (χ1) is 6.11. The maximum Gasteiger partial charge on any atom is 0.0668 e. The van der Waals surface area contributed by atoms with Crippen LogP contribution in [0.15, 0.2) is 12.2 Å². The number of carbonyl (C=O) groups is 1. The maximum absolute atomic E-state index is 10.3. The molecule has 2 heteroatoms. The standard InChI is InChI=1S/C11H20O2/c1-4-6-10(5-2)8-7-9(3)11(12)13/h10H,3-8H2,1-2H3,(H,12,13)/p-1. The van der Waals surface area contributed by atoms with Gasteiger partial charge in [-0.05, 0) is 24.3 Å². The zero-order valence-electron chi connectivity index (χ0n) is 8.64. The van der Waals surface area contributed by atoms with Gasteiger partial charge in [-0.3, -0.25) is 0 Å². The average molecular weight is 183 g/mol. The normalized spacial score (nSPS) is 12.5. The van der Waals surface area contributed by atoms with Gasteiger partial charge in [-0.2, -0.15) is 0 Å². The largest absolute Gasteiger partial charge is 0.545 e. The lowest BCUT2D eigenvalue weighted by molar-refractivity contribution is -0.299. The van der Waals surface area contributed by atoms with E-state index in [4.69, 9.17) is 0 Å². The molecule has 13 heavy (non-hydrogen) atoms. The quantitative estimate of drug-likeness (QED) is 0.565. The molecule has 0 amide bonds. The Morgan fingerprint density at radius 3 is 2.38 bits per heavy atom. The van der Waals surface area contributed by atoms with Gasteiger partial charge in [-0.25, -0.2) is 0 Å². The first-order valence-corrected chi connectivity index (χ1v) is 5.00. The maximum atomic E-state index is 10.3. The average Bonchev–Trinajstić information content (AvgIpc) is 2.11. The predicted octanol–water partition coefficient (Wildman–Crippen LogP) is 1.90. The summed E-state index contributed by atoms with van der Waals surface area (Å²) in [5.74, 6) is -0.465. The minimum Gasteiger partial charge on any atom is -0.545 e. The molecule has 0 fully saturated rings. The van der Waals surface area contributed by atoms with Crippen LogP contribution in [0.25, 0.3) is 0 Å². The van der Waals surface area contributed by atoms with E-state index in [9.17, 15) is 9.90 Å². The molecule has 0 rings (SSSR count). The molecule has 0 aliphatic carbocycles. The van der Waals surface area contributed by atoms with Gasteiger partial charge in [0, 0.05) is 0 Å². The van der Waals surface area contributed by atoms with Crippen LogP contribution < -0.4 is 5.11 Å². The molecule has 0 aliphatic rings. The molecule has 1 atom stereocenters. The number of carboxylic acid groups (broad SMARTS) is 1. The molecule has 0 saturated carbocycles. The molecule has 0 aliphatic heterocycles. The lowest BCUT2D eigenvalue weighted by atomic mass is 9.93. The summed E-state index contributed by atoms with van der Waals surface area (Å²) < 4.78 is 0. The SMILES string of the molecule is C=C(CCC(CC)CCC)C(=O)[O-]. The Labute approximate surface area is 80.7 Å². The molecule has 0 radical (unpaired) electrons. The van der Waals surface area contributed by atoms with Crippen LogP contribution >= 0.6 is 0 Å². The van der Waals surface area contributed by atoms with Crippen LogP contribution in [0, 0.1) is 5.92 Å². The van der Waals surface area contributed by atoms with Crippen LogP contribution in [0.1, 0.15) is 46.0 Å². The molecule has 0 heterocycles. The minimum absolute atomic E-state index is 0.231. The molecule has 0 aromatic carbocycles. The third-order valence-electron chi connectivity index (χ3n) is 2.42. The third-order valence-corrected chi connectivity index (χ3v) is 2.42. The van der Waals surface area contributed by atoms with E-state index in [2.05, 4.69) is 20.4 Å². The van der Waals surface area contributed by atoms with E-state index in [-0.39, 0.29) is 5.57 Å². The molecule has 1 unspecified atom stereocenters. The molecule has 0 spiro atoms. The number of rotatable bonds is 7. The Balaban J connectivity index is 3.71. The highest BCUT2D eigenvalue weighted by atomic mass is 16.4. The summed E-state index contributed by atoms with van der Waals surface area (Å²) in [6.07, 6.45) is 4.96. The van der Waals surface area contributed by atoms with Crippen LogP contribution in [0.4, 0.5) is 0 Å². The highest BCUT2D eigenvalue weighted by molar-refractivity contribution is 5.83. The van der Waals surface area contributed by atoms with Crippen molar-refractivity contribution >= 4 is 5.97 Å². The van der Waals surface area contributed by atoms with Gasteiger partial charge < -0.3 is 9.90 Å². The molecule has 0 N–H and O–H groups in total. The molecule has 0 saturated heterocycles. The van der Waals surface area contributed by atoms with Gasteiger partial charge in [-0.15, -0.1) is 0 Å². The van der Waals surface area contributed by atoms with Crippen molar-refractivity contribution < 1.29 is 9.90 Å². The number of carboxylic acids is 1. The van der Waals surface area contributed by atoms with Gasteiger partial charge in [0.25, 0.3) is 0 Å². The monoisotopic (exact) mass is 183 g/mol. The first kappa shape index (κ1) is 12.2. The fraction of sp³-hybridized carbons (Fsp3) is 0.727. The van der Waals surface area contributed by atoms with Crippen molar-refractivity contribution in [3.05, 3.63) is 12.2 Å². The van der Waals surface area contributed by atoms with Crippen LogP contribution in [-0.2, 0) is 4.79 Å². The lowest BCUT2D eigenvalue weighted by Crippen LogP contribution is -2.24. The minimum atomic E-state index is -1.11. The summed E-state index contributed by atoms with van der Waals surface area (Å²) >= 11 is 0. The molecule has 0 aromatic rings. The van der Waals surface area contributed by atoms with Crippen molar-refractivity contribution in [3.8, 4) is 0 Å². The number of hydrogen-bond acceptors (Lipinski definition) is 2. The topological polar surface area (TPSA) is 40.1 Å². The first-order valence-electron chi connectivity index (χ1n) is 5.00. The third kappa shape index (κ3) is 5.45. The summed E-state index contributed by atoms with van der Waals surface area (Å²) in [7, 11) is 0. The number of carbonyl (C=O) groups excluding carboxylic acids is 1. The van der Waals surface area contributed by atoms with Crippen LogP contribution in [-0.4, -0.2) is 5.97 Å². The fourth-order valence-corrected chi connectivity index (χ4v) is 1.44. The van der Waals surface area contributed by atoms with Gasteiger partial charge >= 0.3 is 0 Å². The van der Waals surface area contributed by atoms with Gasteiger partial charge in [0.05, 0.1) is 5.97 Å². The number of aliphatic carboxylic acids is 1. The summed E-state index contributed by atoms with van der Waals surface area (Å²) in [6.45, 7) is 7.75. The van der Waals surface area contributed by atoms with Gasteiger partial charge in [0.1, 0.15) is 0 Å². The molecule has 0 bridgehead atoms. The smallest absolute Gasteiger partial charge is 0.0668 e. The van der Waals surface area contributed by atoms with E-state index in [0.717, 1.165) is 19.3 Å². The Kier molecular flexibility index (Phi) is 6.29. The van der Waals surface area contributed by atoms with Crippen LogP contribution in [0.2, 0.25) is 0 Å². The second-order valence-electron chi connectivity index (χ2n) is 3.49. The van der Waals surface area contributed by atoms with Crippen molar-refractivity contribution in [1.29, 1.82) is 0 Å². The Morgan fingerprint density at radius 1 is 1.38 bits per heavy atom. The van der Waals surface area contributed by atoms with Crippen molar-refractivity contribution in [2.45, 2.75) is 46.0 Å². The fourth-order valence-electron chi connectivity index (χ4n) is 1.44. The highest BCUT2D eigenvalue weighted by Crippen LogP contribution is 2.19. The van der Waals surface area contributed by atoms with Crippen LogP contribution in [0.5, 0.6) is 0 Å². The Bertz CT molecular complexity index is 173. The van der Waals surface area contributed by atoms with Crippen LogP contribution in [0.3, 0.4) is 0 Å². The summed E-state index contributed by atoms with van der Waals surface area (Å²) in [5.41, 5.74) is 0.231. The Morgan fingerprint density at radius 2 is 2.00 bits per heavy atom. The summed E-state index contributed by atoms with van der Waals surface area (Å²) in [5, 5.41) is 10.3. The number of hydrogen-bond donors (Lipinski definition) is 0. The summed E-state index contributed by atoms with van der Waals surface area (Å²) in [6, 6.07) is 0. The van der Waals surface area contributed by atoms with E-state index in [1.807, 2.05) is 0 Å². The van der Waals surface area contributed by atoms with Gasteiger partial charge in [-0.1, -0.05) is 39.7 Å². The zero-order valence-corrected chi connectivity index (χ0v) is 8.64. The van der Waals surface area contributed by atoms with Gasteiger partial charge in [0.15, 0.2) is 0 Å². The van der Waals surface area contributed by atoms with Gasteiger partial charge in [0.2, 0.25) is 0 Å². The van der Waals surface area contributed by atoms with E-state index in [1.54, 1.807) is 0 Å². The van der Waals surface area contributed by atoms with E-state index < -0.39 is 5.97 Å². The molecule has 2 nitrogen and oxygen atoms in total. The van der Waals surface area contributed by atoms with E-state index in [1.165, 1.54) is 6.42 Å². The second-order valence-corrected chi connectivity index (χ2v) is 3.49. The summed E-state index contributed by atoms with van der Waals surface area (Å²) in [4.78, 5) is 10.3. The predicted molar refractivity (Wildman–Crippen MR) is 52.1 cm³/mol.